The van der Waals surface area contributed by atoms with Gasteiger partial charge < -0.3 is 20.5 Å². The van der Waals surface area contributed by atoms with Crippen LogP contribution in [0.3, 0.4) is 0 Å². The van der Waals surface area contributed by atoms with Crippen molar-refractivity contribution in [1.29, 1.82) is 0 Å². The molecule has 0 aromatic heterocycles. The van der Waals surface area contributed by atoms with Crippen LogP contribution in [0, 0.1) is 0 Å². The van der Waals surface area contributed by atoms with Crippen LogP contribution in [0.15, 0.2) is 66.7 Å². The molecule has 1 amide bonds. The molecule has 0 fully saturated rings. The molecule has 33 heavy (non-hydrogen) atoms. The molecular formula is C25H22Cl2N2O4. The predicted octanol–water partition coefficient (Wildman–Crippen LogP) is 5.09. The van der Waals surface area contributed by atoms with Crippen LogP contribution >= 0.6 is 24.0 Å². The zero-order chi connectivity index (χ0) is 22.7. The first-order valence-electron chi connectivity index (χ1n) is 9.97. The molecule has 0 aliphatic carbocycles. The van der Waals surface area contributed by atoms with E-state index in [0.717, 1.165) is 16.8 Å². The molecule has 0 unspecified atom stereocenters. The second-order valence-electron chi connectivity index (χ2n) is 7.32. The summed E-state index contributed by atoms with van der Waals surface area (Å²) in [6.45, 7) is 0. The van der Waals surface area contributed by atoms with Gasteiger partial charge >= 0.3 is 5.97 Å². The van der Waals surface area contributed by atoms with Crippen LogP contribution in [-0.2, 0) is 20.7 Å². The van der Waals surface area contributed by atoms with E-state index in [9.17, 15) is 9.59 Å². The highest BCUT2D eigenvalue weighted by Gasteiger charge is 2.23. The molecule has 3 aromatic rings. The molecule has 1 heterocycles. The summed E-state index contributed by atoms with van der Waals surface area (Å²) >= 11 is 6.46. The first-order chi connectivity index (χ1) is 15.4. The Labute approximate surface area is 202 Å². The van der Waals surface area contributed by atoms with Gasteiger partial charge in [0.25, 0.3) is 5.91 Å². The Balaban J connectivity index is 0.00000306. The monoisotopic (exact) mass is 484 g/mol. The first-order valence-corrected chi connectivity index (χ1v) is 10.3. The van der Waals surface area contributed by atoms with Gasteiger partial charge in [0.1, 0.15) is 17.5 Å². The molecule has 3 N–H and O–H groups in total. The fourth-order valence-electron chi connectivity index (χ4n) is 3.44. The summed E-state index contributed by atoms with van der Waals surface area (Å²) < 4.78 is 10.5. The number of hydrogen-bond acceptors (Lipinski definition) is 5. The van der Waals surface area contributed by atoms with Gasteiger partial charge in [0, 0.05) is 16.8 Å². The highest BCUT2D eigenvalue weighted by atomic mass is 35.5. The molecule has 1 aliphatic rings. The Bertz CT molecular complexity index is 1210. The Kier molecular flexibility index (Phi) is 7.76. The van der Waals surface area contributed by atoms with E-state index in [2.05, 4.69) is 10.1 Å². The van der Waals surface area contributed by atoms with Crippen LogP contribution in [0.5, 0.6) is 11.5 Å². The standard InChI is InChI=1S/C25H21ClN2O4.ClH/c1-31-25(30)22(27)12-15-6-9-17(10-7-15)32-18-11-8-16(21(26)14-18)13-20-19-4-2-3-5-23(19)28-24(20)29;/h2-11,13-14,22H,12,27H2,1H3,(H,28,29);1H/b20-13+;/t22-;/m0./s1. The lowest BCUT2D eigenvalue weighted by molar-refractivity contribution is -0.142. The number of carbonyl (C=O) groups excluding carboxylic acids is 2. The van der Waals surface area contributed by atoms with E-state index in [-0.39, 0.29) is 18.3 Å². The van der Waals surface area contributed by atoms with Gasteiger partial charge in [-0.05, 0) is 60.0 Å². The number of fused-ring (bicyclic) bond motifs is 1. The average molecular weight is 485 g/mol. The lowest BCUT2D eigenvalue weighted by Crippen LogP contribution is -2.33. The molecule has 8 heteroatoms. The van der Waals surface area contributed by atoms with Crippen molar-refractivity contribution in [3.63, 3.8) is 0 Å². The number of nitrogens with one attached hydrogen (secondary N) is 1. The van der Waals surface area contributed by atoms with Crippen molar-refractivity contribution in [3.05, 3.63) is 88.4 Å². The van der Waals surface area contributed by atoms with Crippen molar-refractivity contribution in [2.45, 2.75) is 12.5 Å². The maximum Gasteiger partial charge on any atom is 0.322 e. The van der Waals surface area contributed by atoms with E-state index >= 15 is 0 Å². The molecular weight excluding hydrogens is 463 g/mol. The lowest BCUT2D eigenvalue weighted by Gasteiger charge is -2.11. The van der Waals surface area contributed by atoms with E-state index in [1.807, 2.05) is 42.5 Å². The second kappa shape index (κ2) is 10.5. The third-order valence-corrected chi connectivity index (χ3v) is 5.43. The van der Waals surface area contributed by atoms with Crippen molar-refractivity contribution in [1.82, 2.24) is 0 Å². The minimum absolute atomic E-state index is 0. The molecule has 0 bridgehead atoms. The summed E-state index contributed by atoms with van der Waals surface area (Å²) in [7, 11) is 1.31. The van der Waals surface area contributed by atoms with Gasteiger partial charge in [0.05, 0.1) is 12.1 Å². The van der Waals surface area contributed by atoms with Crippen LogP contribution in [0.4, 0.5) is 5.69 Å². The van der Waals surface area contributed by atoms with Crippen LogP contribution in [0.2, 0.25) is 5.02 Å². The SMILES string of the molecule is COC(=O)[C@@H](N)Cc1ccc(Oc2ccc(/C=C3/C(=O)Nc4ccccc43)c(Cl)c2)cc1.Cl. The molecule has 4 rings (SSSR count). The highest BCUT2D eigenvalue weighted by molar-refractivity contribution is 6.37. The molecule has 0 saturated heterocycles. The van der Waals surface area contributed by atoms with Crippen LogP contribution in [0.25, 0.3) is 11.6 Å². The number of amides is 1. The van der Waals surface area contributed by atoms with Crippen LogP contribution < -0.4 is 15.8 Å². The normalized spacial score (nSPS) is 14.2. The number of methoxy groups -OCH3 is 1. The summed E-state index contributed by atoms with van der Waals surface area (Å²) in [6.07, 6.45) is 2.14. The Morgan fingerprint density at radius 2 is 1.79 bits per heavy atom. The summed E-state index contributed by atoms with van der Waals surface area (Å²) in [4.78, 5) is 23.8. The Hall–Kier alpha value is -3.32. The van der Waals surface area contributed by atoms with Crippen LogP contribution in [-0.4, -0.2) is 25.0 Å². The zero-order valence-corrected chi connectivity index (χ0v) is 19.3. The fourth-order valence-corrected chi connectivity index (χ4v) is 3.67. The number of esters is 1. The van der Waals surface area contributed by atoms with Gasteiger partial charge in [-0.25, -0.2) is 0 Å². The lowest BCUT2D eigenvalue weighted by atomic mass is 10.0. The quantitative estimate of drug-likeness (QED) is 0.375. The van der Waals surface area contributed by atoms with E-state index < -0.39 is 12.0 Å². The molecule has 1 atom stereocenters. The molecule has 0 spiro atoms. The van der Waals surface area contributed by atoms with Gasteiger partial charge in [-0.2, -0.15) is 0 Å². The van der Waals surface area contributed by atoms with Gasteiger partial charge in [-0.15, -0.1) is 12.4 Å². The smallest absolute Gasteiger partial charge is 0.322 e. The predicted molar refractivity (Wildman–Crippen MR) is 132 cm³/mol. The van der Waals surface area contributed by atoms with Gasteiger partial charge in [-0.3, -0.25) is 9.59 Å². The second-order valence-corrected chi connectivity index (χ2v) is 7.73. The number of halogens is 2. The van der Waals surface area contributed by atoms with E-state index in [4.69, 9.17) is 22.1 Å². The van der Waals surface area contributed by atoms with Gasteiger partial charge in [0.15, 0.2) is 0 Å². The van der Waals surface area contributed by atoms with E-state index in [1.165, 1.54) is 7.11 Å². The number of anilines is 1. The number of hydrogen-bond donors (Lipinski definition) is 2. The summed E-state index contributed by atoms with van der Waals surface area (Å²) in [5, 5.41) is 3.31. The third-order valence-electron chi connectivity index (χ3n) is 5.10. The maximum atomic E-state index is 12.3. The molecule has 170 valence electrons. The first kappa shape index (κ1) is 24.3. The number of carbonyl (C=O) groups is 2. The third kappa shape index (κ3) is 5.54. The minimum atomic E-state index is -0.707. The van der Waals surface area contributed by atoms with Gasteiger partial charge in [-0.1, -0.05) is 41.9 Å². The average Bonchev–Trinajstić information content (AvgIpc) is 3.11. The number of para-hydroxylation sites is 1. The molecule has 0 saturated carbocycles. The number of rotatable bonds is 6. The van der Waals surface area contributed by atoms with Crippen molar-refractivity contribution in [2.24, 2.45) is 5.73 Å². The molecule has 6 nitrogen and oxygen atoms in total. The molecule has 3 aromatic carbocycles. The van der Waals surface area contributed by atoms with Gasteiger partial charge in [0.2, 0.25) is 0 Å². The number of benzene rings is 3. The Morgan fingerprint density at radius 1 is 1.09 bits per heavy atom. The molecule has 0 radical (unpaired) electrons. The van der Waals surface area contributed by atoms with Crippen LogP contribution in [0.1, 0.15) is 16.7 Å². The van der Waals surface area contributed by atoms with E-state index in [0.29, 0.717) is 34.1 Å². The van der Waals surface area contributed by atoms with Crippen molar-refractivity contribution >= 4 is 53.2 Å². The highest BCUT2D eigenvalue weighted by Crippen LogP contribution is 2.35. The minimum Gasteiger partial charge on any atom is -0.468 e. The van der Waals surface area contributed by atoms with Crippen molar-refractivity contribution in [2.75, 3.05) is 12.4 Å². The number of nitrogens with two attached hydrogens (primary N) is 1. The fraction of sp³-hybridized carbons (Fsp3) is 0.120. The topological polar surface area (TPSA) is 90.7 Å². The van der Waals surface area contributed by atoms with Crippen molar-refractivity contribution < 1.29 is 19.1 Å². The molecule has 1 aliphatic heterocycles. The largest absolute Gasteiger partial charge is 0.468 e. The summed E-state index contributed by atoms with van der Waals surface area (Å²) in [5.41, 5.74) is 9.61. The maximum absolute atomic E-state index is 12.3. The summed E-state index contributed by atoms with van der Waals surface area (Å²) in [5.74, 6) is 0.572. The van der Waals surface area contributed by atoms with E-state index in [1.54, 1.807) is 30.3 Å². The zero-order valence-electron chi connectivity index (χ0n) is 17.7. The Morgan fingerprint density at radius 3 is 2.48 bits per heavy atom. The number of ether oxygens (including phenoxy) is 2. The van der Waals surface area contributed by atoms with Crippen molar-refractivity contribution in [3.8, 4) is 11.5 Å². The summed E-state index contributed by atoms with van der Waals surface area (Å²) in [6, 6.07) is 19.4.